The molecule has 0 bridgehead atoms. The summed E-state index contributed by atoms with van der Waals surface area (Å²) in [5.41, 5.74) is 9.37. The molecule has 1 fully saturated rings. The van der Waals surface area contributed by atoms with E-state index in [4.69, 9.17) is 10.5 Å². The highest BCUT2D eigenvalue weighted by molar-refractivity contribution is 5.32. The van der Waals surface area contributed by atoms with Gasteiger partial charge in [-0.3, -0.25) is 4.90 Å². The molecule has 1 aliphatic heterocycles. The fourth-order valence-corrected chi connectivity index (χ4v) is 4.13. The van der Waals surface area contributed by atoms with E-state index in [1.165, 1.54) is 24.0 Å². The minimum atomic E-state index is -0.0165. The largest absolute Gasteiger partial charge is 0.377 e. The second-order valence-electron chi connectivity index (χ2n) is 7.05. The van der Waals surface area contributed by atoms with Gasteiger partial charge >= 0.3 is 0 Å². The molecule has 0 aromatic heterocycles. The molecule has 3 heteroatoms. The average molecular weight is 288 g/mol. The monoisotopic (exact) mass is 288 g/mol. The fraction of sp³-hybridized carbons (Fsp3) is 0.667. The molecule has 1 aliphatic carbocycles. The van der Waals surface area contributed by atoms with E-state index in [2.05, 4.69) is 36.1 Å². The Balaban J connectivity index is 1.85. The Bertz CT molecular complexity index is 504. The quantitative estimate of drug-likeness (QED) is 0.928. The Kier molecular flexibility index (Phi) is 4.08. The van der Waals surface area contributed by atoms with Crippen molar-refractivity contribution >= 4 is 0 Å². The van der Waals surface area contributed by atoms with E-state index in [9.17, 15) is 0 Å². The van der Waals surface area contributed by atoms with Gasteiger partial charge in [0.25, 0.3) is 0 Å². The number of piperidine rings is 1. The zero-order valence-electron chi connectivity index (χ0n) is 13.4. The molecule has 3 nitrogen and oxygen atoms in total. The van der Waals surface area contributed by atoms with Gasteiger partial charge in [-0.15, -0.1) is 0 Å². The summed E-state index contributed by atoms with van der Waals surface area (Å²) in [6, 6.07) is 8.85. The molecular weight excluding hydrogens is 260 g/mol. The minimum Gasteiger partial charge on any atom is -0.377 e. The maximum absolute atomic E-state index is 6.27. The summed E-state index contributed by atoms with van der Waals surface area (Å²) in [6.45, 7) is 5.13. The summed E-state index contributed by atoms with van der Waals surface area (Å²) in [5.74, 6) is 0. The summed E-state index contributed by atoms with van der Waals surface area (Å²) >= 11 is 0. The number of nitrogens with zero attached hydrogens (tertiary/aromatic N) is 1. The third kappa shape index (κ3) is 2.75. The van der Waals surface area contributed by atoms with Gasteiger partial charge in [-0.25, -0.2) is 0 Å². The van der Waals surface area contributed by atoms with Gasteiger partial charge in [0, 0.05) is 25.7 Å². The van der Waals surface area contributed by atoms with Crippen LogP contribution in [0.4, 0.5) is 0 Å². The number of methoxy groups -OCH3 is 1. The van der Waals surface area contributed by atoms with Gasteiger partial charge in [0.15, 0.2) is 0 Å². The normalized spacial score (nSPS) is 33.7. The van der Waals surface area contributed by atoms with Gasteiger partial charge in [0.05, 0.1) is 5.60 Å². The fourth-order valence-electron chi connectivity index (χ4n) is 4.13. The first-order valence-electron chi connectivity index (χ1n) is 8.18. The highest BCUT2D eigenvalue weighted by atomic mass is 16.5. The van der Waals surface area contributed by atoms with Crippen LogP contribution in [0.5, 0.6) is 0 Å². The summed E-state index contributed by atoms with van der Waals surface area (Å²) in [7, 11) is 1.84. The molecule has 0 radical (unpaired) electrons. The molecule has 1 aromatic rings. The molecule has 0 spiro atoms. The van der Waals surface area contributed by atoms with Crippen molar-refractivity contribution in [1.29, 1.82) is 0 Å². The lowest BCUT2D eigenvalue weighted by molar-refractivity contribution is -0.0827. The molecule has 1 heterocycles. The van der Waals surface area contributed by atoms with Gasteiger partial charge in [0.2, 0.25) is 0 Å². The predicted molar refractivity (Wildman–Crippen MR) is 86.5 cm³/mol. The molecule has 3 rings (SSSR count). The smallest absolute Gasteiger partial charge is 0.0777 e. The zero-order chi connectivity index (χ0) is 14.9. The van der Waals surface area contributed by atoms with E-state index in [0.29, 0.717) is 0 Å². The van der Waals surface area contributed by atoms with Crippen molar-refractivity contribution in [3.8, 4) is 0 Å². The molecule has 0 saturated carbocycles. The molecule has 1 aromatic carbocycles. The second-order valence-corrected chi connectivity index (χ2v) is 7.05. The van der Waals surface area contributed by atoms with Crippen molar-refractivity contribution in [2.45, 2.75) is 50.2 Å². The van der Waals surface area contributed by atoms with Gasteiger partial charge < -0.3 is 10.5 Å². The first kappa shape index (κ1) is 15.0. The number of rotatable bonds is 3. The number of ether oxygens (including phenoxy) is 1. The standard InChI is InChI=1S/C18H28N2O/c1-17(21-2)9-5-11-20(14-17)18(13-19)10-8-15-6-3-4-7-16(15)12-18/h3-4,6-7H,5,8-14,19H2,1-2H3. The minimum absolute atomic E-state index is 0.0165. The van der Waals surface area contributed by atoms with Crippen LogP contribution in [0.2, 0.25) is 0 Å². The lowest BCUT2D eigenvalue weighted by Crippen LogP contribution is -2.62. The molecule has 1 saturated heterocycles. The van der Waals surface area contributed by atoms with Crippen LogP contribution in [0.3, 0.4) is 0 Å². The van der Waals surface area contributed by atoms with Crippen LogP contribution in [-0.4, -0.2) is 42.8 Å². The van der Waals surface area contributed by atoms with Crippen molar-refractivity contribution in [3.63, 3.8) is 0 Å². The second kappa shape index (κ2) is 5.71. The van der Waals surface area contributed by atoms with Crippen LogP contribution >= 0.6 is 0 Å². The average Bonchev–Trinajstić information content (AvgIpc) is 2.54. The van der Waals surface area contributed by atoms with Gasteiger partial charge in [0.1, 0.15) is 0 Å². The Morgan fingerprint density at radius 3 is 2.71 bits per heavy atom. The van der Waals surface area contributed by atoms with Crippen LogP contribution in [-0.2, 0) is 17.6 Å². The van der Waals surface area contributed by atoms with Crippen molar-refractivity contribution < 1.29 is 4.74 Å². The SMILES string of the molecule is COC1(C)CCCN(C2(CN)CCc3ccccc3C2)C1. The number of hydrogen-bond donors (Lipinski definition) is 1. The number of benzene rings is 1. The maximum atomic E-state index is 6.27. The Hall–Kier alpha value is -0.900. The summed E-state index contributed by atoms with van der Waals surface area (Å²) in [5, 5.41) is 0. The third-order valence-corrected chi connectivity index (χ3v) is 5.70. The maximum Gasteiger partial charge on any atom is 0.0777 e. The molecule has 2 aliphatic rings. The van der Waals surface area contributed by atoms with Crippen molar-refractivity contribution in [3.05, 3.63) is 35.4 Å². The Morgan fingerprint density at radius 1 is 1.24 bits per heavy atom. The van der Waals surface area contributed by atoms with Crippen LogP contribution in [0.25, 0.3) is 0 Å². The summed E-state index contributed by atoms with van der Waals surface area (Å²) in [6.07, 6.45) is 5.75. The number of hydrogen-bond acceptors (Lipinski definition) is 3. The van der Waals surface area contributed by atoms with Crippen LogP contribution in [0, 0.1) is 0 Å². The van der Waals surface area contributed by atoms with Crippen LogP contribution < -0.4 is 5.73 Å². The van der Waals surface area contributed by atoms with Crippen molar-refractivity contribution in [1.82, 2.24) is 4.90 Å². The topological polar surface area (TPSA) is 38.5 Å². The number of likely N-dealkylation sites (tertiary alicyclic amines) is 1. The predicted octanol–water partition coefficient (Wildman–Crippen LogP) is 2.37. The van der Waals surface area contributed by atoms with Gasteiger partial charge in [-0.05, 0) is 56.7 Å². The lowest BCUT2D eigenvalue weighted by atomic mass is 9.75. The van der Waals surface area contributed by atoms with E-state index < -0.39 is 0 Å². The van der Waals surface area contributed by atoms with Gasteiger partial charge in [-0.1, -0.05) is 24.3 Å². The molecule has 21 heavy (non-hydrogen) atoms. The number of aryl methyl sites for hydroxylation is 1. The molecular formula is C18H28N2O. The highest BCUT2D eigenvalue weighted by Gasteiger charge is 2.43. The third-order valence-electron chi connectivity index (χ3n) is 5.70. The zero-order valence-corrected chi connectivity index (χ0v) is 13.4. The summed E-state index contributed by atoms with van der Waals surface area (Å²) < 4.78 is 5.78. The first-order chi connectivity index (χ1) is 10.1. The van der Waals surface area contributed by atoms with E-state index >= 15 is 0 Å². The van der Waals surface area contributed by atoms with Crippen molar-refractivity contribution in [2.24, 2.45) is 5.73 Å². The summed E-state index contributed by atoms with van der Waals surface area (Å²) in [4.78, 5) is 2.62. The van der Waals surface area contributed by atoms with E-state index in [-0.39, 0.29) is 11.1 Å². The molecule has 2 atom stereocenters. The van der Waals surface area contributed by atoms with Crippen molar-refractivity contribution in [2.75, 3.05) is 26.7 Å². The molecule has 116 valence electrons. The molecule has 2 unspecified atom stereocenters. The number of fused-ring (bicyclic) bond motifs is 1. The van der Waals surface area contributed by atoms with Crippen LogP contribution in [0.15, 0.2) is 24.3 Å². The van der Waals surface area contributed by atoms with E-state index in [1.54, 1.807) is 0 Å². The lowest BCUT2D eigenvalue weighted by Gasteiger charge is -2.51. The van der Waals surface area contributed by atoms with E-state index in [1.807, 2.05) is 7.11 Å². The number of nitrogens with two attached hydrogens (primary N) is 1. The Morgan fingerprint density at radius 2 is 2.00 bits per heavy atom. The highest BCUT2D eigenvalue weighted by Crippen LogP contribution is 2.37. The Labute approximate surface area is 128 Å². The van der Waals surface area contributed by atoms with E-state index in [0.717, 1.165) is 38.9 Å². The molecule has 0 amide bonds. The van der Waals surface area contributed by atoms with Gasteiger partial charge in [-0.2, -0.15) is 0 Å². The first-order valence-corrected chi connectivity index (χ1v) is 8.18. The molecule has 2 N–H and O–H groups in total. The van der Waals surface area contributed by atoms with Crippen LogP contribution in [0.1, 0.15) is 37.3 Å².